The second kappa shape index (κ2) is 5.54. The van der Waals surface area contributed by atoms with Gasteiger partial charge in [-0.05, 0) is 24.7 Å². The van der Waals surface area contributed by atoms with Crippen LogP contribution in [0, 0.1) is 0 Å². The van der Waals surface area contributed by atoms with Crippen molar-refractivity contribution in [1.82, 2.24) is 15.1 Å². The van der Waals surface area contributed by atoms with Crippen LogP contribution < -0.4 is 5.32 Å². The summed E-state index contributed by atoms with van der Waals surface area (Å²) in [6.45, 7) is 3.83. The first-order chi connectivity index (χ1) is 8.20. The van der Waals surface area contributed by atoms with Crippen molar-refractivity contribution in [2.24, 2.45) is 0 Å². The van der Waals surface area contributed by atoms with Crippen LogP contribution in [0.4, 0.5) is 0 Å². The van der Waals surface area contributed by atoms with Gasteiger partial charge in [0.05, 0.1) is 21.9 Å². The van der Waals surface area contributed by atoms with Crippen molar-refractivity contribution in [3.63, 3.8) is 0 Å². The van der Waals surface area contributed by atoms with Crippen LogP contribution in [0.2, 0.25) is 10.0 Å². The predicted octanol–water partition coefficient (Wildman–Crippen LogP) is 3.29. The standard InChI is InChI=1S/C12H13Cl2N3/c1-2-15-6-9-7-16-17(8-9)10-3-4-11(13)12(14)5-10/h3-5,7-8,15H,2,6H2,1H3. The Morgan fingerprint density at radius 2 is 2.12 bits per heavy atom. The number of aromatic nitrogens is 2. The van der Waals surface area contributed by atoms with E-state index in [4.69, 9.17) is 23.2 Å². The van der Waals surface area contributed by atoms with Crippen molar-refractivity contribution in [2.45, 2.75) is 13.5 Å². The van der Waals surface area contributed by atoms with Crippen LogP contribution in [-0.4, -0.2) is 16.3 Å². The van der Waals surface area contributed by atoms with Gasteiger partial charge < -0.3 is 5.32 Å². The first-order valence-corrected chi connectivity index (χ1v) is 6.16. The Morgan fingerprint density at radius 1 is 1.29 bits per heavy atom. The number of nitrogens with zero attached hydrogens (tertiary/aromatic N) is 2. The Kier molecular flexibility index (Phi) is 4.05. The number of hydrogen-bond donors (Lipinski definition) is 1. The summed E-state index contributed by atoms with van der Waals surface area (Å²) in [4.78, 5) is 0. The highest BCUT2D eigenvalue weighted by Crippen LogP contribution is 2.24. The molecule has 0 radical (unpaired) electrons. The molecule has 3 nitrogen and oxygen atoms in total. The largest absolute Gasteiger partial charge is 0.313 e. The van der Waals surface area contributed by atoms with Gasteiger partial charge in [-0.25, -0.2) is 4.68 Å². The minimum absolute atomic E-state index is 0.535. The number of nitrogens with one attached hydrogen (secondary N) is 1. The maximum atomic E-state index is 5.97. The normalized spacial score (nSPS) is 10.8. The van der Waals surface area contributed by atoms with Gasteiger partial charge >= 0.3 is 0 Å². The van der Waals surface area contributed by atoms with E-state index in [2.05, 4.69) is 17.3 Å². The molecule has 0 unspecified atom stereocenters. The van der Waals surface area contributed by atoms with Crippen LogP contribution in [0.15, 0.2) is 30.6 Å². The van der Waals surface area contributed by atoms with Crippen molar-refractivity contribution >= 4 is 23.2 Å². The number of hydrogen-bond acceptors (Lipinski definition) is 2. The Hall–Kier alpha value is -1.03. The fourth-order valence-electron chi connectivity index (χ4n) is 1.49. The Bertz CT molecular complexity index is 508. The molecule has 0 fully saturated rings. The monoisotopic (exact) mass is 269 g/mol. The van der Waals surface area contributed by atoms with Crippen LogP contribution in [0.25, 0.3) is 5.69 Å². The van der Waals surface area contributed by atoms with Crippen LogP contribution in [-0.2, 0) is 6.54 Å². The molecule has 1 aromatic heterocycles. The lowest BCUT2D eigenvalue weighted by atomic mass is 10.3. The third-order valence-corrected chi connectivity index (χ3v) is 3.12. The SMILES string of the molecule is CCNCc1cnn(-c2ccc(Cl)c(Cl)c2)c1. The molecule has 0 aliphatic carbocycles. The number of halogens is 2. The molecule has 0 aliphatic heterocycles. The molecule has 0 saturated heterocycles. The summed E-state index contributed by atoms with van der Waals surface area (Å²) in [5, 5.41) is 8.62. The molecule has 0 atom stereocenters. The quantitative estimate of drug-likeness (QED) is 0.923. The molecule has 0 bridgehead atoms. The number of rotatable bonds is 4. The van der Waals surface area contributed by atoms with Crippen molar-refractivity contribution < 1.29 is 0 Å². The minimum Gasteiger partial charge on any atom is -0.313 e. The summed E-state index contributed by atoms with van der Waals surface area (Å²) in [5.74, 6) is 0. The van der Waals surface area contributed by atoms with E-state index >= 15 is 0 Å². The molecular weight excluding hydrogens is 257 g/mol. The van der Waals surface area contributed by atoms with Crippen LogP contribution in [0.5, 0.6) is 0 Å². The topological polar surface area (TPSA) is 29.9 Å². The van der Waals surface area contributed by atoms with E-state index in [1.807, 2.05) is 18.5 Å². The fourth-order valence-corrected chi connectivity index (χ4v) is 1.78. The summed E-state index contributed by atoms with van der Waals surface area (Å²) >= 11 is 11.8. The van der Waals surface area contributed by atoms with E-state index in [-0.39, 0.29) is 0 Å². The Labute approximate surface area is 110 Å². The van der Waals surface area contributed by atoms with Gasteiger partial charge in [-0.15, -0.1) is 0 Å². The molecule has 1 heterocycles. The third-order valence-electron chi connectivity index (χ3n) is 2.38. The predicted molar refractivity (Wildman–Crippen MR) is 71.0 cm³/mol. The molecule has 5 heteroatoms. The zero-order chi connectivity index (χ0) is 12.3. The molecule has 0 saturated carbocycles. The lowest BCUT2D eigenvalue weighted by Gasteiger charge is -2.02. The zero-order valence-electron chi connectivity index (χ0n) is 9.45. The van der Waals surface area contributed by atoms with Crippen molar-refractivity contribution in [3.05, 3.63) is 46.2 Å². The van der Waals surface area contributed by atoms with E-state index in [0.717, 1.165) is 24.3 Å². The lowest BCUT2D eigenvalue weighted by Crippen LogP contribution is -2.10. The lowest BCUT2D eigenvalue weighted by molar-refractivity contribution is 0.726. The van der Waals surface area contributed by atoms with Gasteiger partial charge in [0.25, 0.3) is 0 Å². The summed E-state index contributed by atoms with van der Waals surface area (Å²) in [6.07, 6.45) is 3.81. The maximum absolute atomic E-state index is 5.97. The van der Waals surface area contributed by atoms with Gasteiger partial charge in [-0.1, -0.05) is 30.1 Å². The smallest absolute Gasteiger partial charge is 0.0661 e. The maximum Gasteiger partial charge on any atom is 0.0661 e. The molecule has 0 spiro atoms. The highest BCUT2D eigenvalue weighted by atomic mass is 35.5. The number of benzene rings is 1. The second-order valence-electron chi connectivity index (χ2n) is 3.67. The van der Waals surface area contributed by atoms with Crippen LogP contribution in [0.1, 0.15) is 12.5 Å². The molecule has 90 valence electrons. The third kappa shape index (κ3) is 3.00. The molecule has 0 aliphatic rings. The van der Waals surface area contributed by atoms with E-state index in [0.29, 0.717) is 10.0 Å². The Balaban J connectivity index is 2.21. The second-order valence-corrected chi connectivity index (χ2v) is 4.49. The van der Waals surface area contributed by atoms with Gasteiger partial charge in [-0.3, -0.25) is 0 Å². The average molecular weight is 270 g/mol. The molecule has 2 rings (SSSR count). The summed E-state index contributed by atoms with van der Waals surface area (Å²) in [7, 11) is 0. The molecule has 1 N–H and O–H groups in total. The zero-order valence-corrected chi connectivity index (χ0v) is 11.0. The van der Waals surface area contributed by atoms with Crippen LogP contribution in [0.3, 0.4) is 0 Å². The highest BCUT2D eigenvalue weighted by Gasteiger charge is 2.03. The van der Waals surface area contributed by atoms with Crippen LogP contribution >= 0.6 is 23.2 Å². The van der Waals surface area contributed by atoms with E-state index in [1.165, 1.54) is 0 Å². The van der Waals surface area contributed by atoms with E-state index in [1.54, 1.807) is 16.8 Å². The van der Waals surface area contributed by atoms with Gasteiger partial charge in [0, 0.05) is 18.3 Å². The summed E-state index contributed by atoms with van der Waals surface area (Å²) in [6, 6.07) is 5.46. The minimum atomic E-state index is 0.535. The van der Waals surface area contributed by atoms with Crippen molar-refractivity contribution in [3.8, 4) is 5.69 Å². The first kappa shape index (κ1) is 12.4. The summed E-state index contributed by atoms with van der Waals surface area (Å²) in [5.41, 5.74) is 2.04. The van der Waals surface area contributed by atoms with Gasteiger partial charge in [-0.2, -0.15) is 5.10 Å². The molecule has 0 amide bonds. The van der Waals surface area contributed by atoms with Crippen molar-refractivity contribution in [2.75, 3.05) is 6.54 Å². The molecular formula is C12H13Cl2N3. The highest BCUT2D eigenvalue weighted by molar-refractivity contribution is 6.42. The van der Waals surface area contributed by atoms with Gasteiger partial charge in [0.2, 0.25) is 0 Å². The Morgan fingerprint density at radius 3 is 2.82 bits per heavy atom. The fraction of sp³-hybridized carbons (Fsp3) is 0.250. The molecule has 1 aromatic carbocycles. The van der Waals surface area contributed by atoms with Crippen molar-refractivity contribution in [1.29, 1.82) is 0 Å². The first-order valence-electron chi connectivity index (χ1n) is 5.40. The molecule has 2 aromatic rings. The van der Waals surface area contributed by atoms with Gasteiger partial charge in [0.1, 0.15) is 0 Å². The summed E-state index contributed by atoms with van der Waals surface area (Å²) < 4.78 is 1.79. The molecule has 17 heavy (non-hydrogen) atoms. The van der Waals surface area contributed by atoms with Gasteiger partial charge in [0.15, 0.2) is 0 Å². The van der Waals surface area contributed by atoms with E-state index < -0.39 is 0 Å². The average Bonchev–Trinajstić information content (AvgIpc) is 2.79. The van der Waals surface area contributed by atoms with E-state index in [9.17, 15) is 0 Å².